The molecule has 2 rings (SSSR count). The molecule has 0 atom stereocenters. The van der Waals surface area contributed by atoms with Crippen LogP contribution in [0.2, 0.25) is 5.15 Å². The molecule has 1 heterocycles. The summed E-state index contributed by atoms with van der Waals surface area (Å²) in [5.74, 6) is -0.652. The summed E-state index contributed by atoms with van der Waals surface area (Å²) in [7, 11) is 0. The van der Waals surface area contributed by atoms with Gasteiger partial charge < -0.3 is 5.32 Å². The molecule has 2 nitrogen and oxygen atoms in total. The summed E-state index contributed by atoms with van der Waals surface area (Å²) < 4.78 is 51.9. The van der Waals surface area contributed by atoms with Crippen molar-refractivity contribution in [1.29, 1.82) is 0 Å². The van der Waals surface area contributed by atoms with Crippen LogP contribution in [0.4, 0.5) is 29.1 Å². The fraction of sp³-hybridized carbons (Fsp3) is 0.154. The Kier molecular flexibility index (Phi) is 4.43. The zero-order valence-electron chi connectivity index (χ0n) is 10.5. The minimum absolute atomic E-state index is 0.111. The van der Waals surface area contributed by atoms with Crippen molar-refractivity contribution in [3.63, 3.8) is 0 Å². The Morgan fingerprint density at radius 3 is 2.48 bits per heavy atom. The zero-order valence-corrected chi connectivity index (χ0v) is 12.9. The first kappa shape index (κ1) is 16.0. The number of aryl methyl sites for hydroxylation is 1. The summed E-state index contributed by atoms with van der Waals surface area (Å²) in [6.07, 6.45) is -4.54. The number of rotatable bonds is 2. The number of nitrogens with one attached hydrogen (secondary N) is 1. The molecule has 1 N–H and O–H groups in total. The third-order valence-corrected chi connectivity index (χ3v) is 3.45. The largest absolute Gasteiger partial charge is 0.416 e. The van der Waals surface area contributed by atoms with Crippen LogP contribution in [0, 0.1) is 12.7 Å². The van der Waals surface area contributed by atoms with E-state index in [-0.39, 0.29) is 15.4 Å². The lowest BCUT2D eigenvalue weighted by Crippen LogP contribution is -2.07. The van der Waals surface area contributed by atoms with Crippen LogP contribution in [0.1, 0.15) is 11.1 Å². The maximum atomic E-state index is 13.5. The van der Waals surface area contributed by atoms with Gasteiger partial charge in [-0.15, -0.1) is 0 Å². The minimum atomic E-state index is -4.54. The van der Waals surface area contributed by atoms with Gasteiger partial charge in [-0.1, -0.05) is 11.6 Å². The van der Waals surface area contributed by atoms with E-state index in [4.69, 9.17) is 11.6 Å². The summed E-state index contributed by atoms with van der Waals surface area (Å²) in [5, 5.41) is 2.33. The highest BCUT2D eigenvalue weighted by Crippen LogP contribution is 2.33. The van der Waals surface area contributed by atoms with Crippen LogP contribution < -0.4 is 5.32 Å². The molecule has 0 aliphatic rings. The molecule has 1 aromatic heterocycles. The van der Waals surface area contributed by atoms with Gasteiger partial charge in [0.25, 0.3) is 0 Å². The minimum Gasteiger partial charge on any atom is -0.340 e. The first-order valence-electron chi connectivity index (χ1n) is 5.64. The topological polar surface area (TPSA) is 24.9 Å². The van der Waals surface area contributed by atoms with E-state index in [2.05, 4.69) is 26.2 Å². The van der Waals surface area contributed by atoms with E-state index in [1.807, 2.05) is 0 Å². The maximum absolute atomic E-state index is 13.5. The number of nitrogens with zero attached hydrogens (tertiary/aromatic N) is 1. The molecule has 0 aliphatic carbocycles. The average molecular weight is 384 g/mol. The van der Waals surface area contributed by atoms with Crippen molar-refractivity contribution in [1.82, 2.24) is 4.98 Å². The van der Waals surface area contributed by atoms with Gasteiger partial charge in [0.1, 0.15) is 16.8 Å². The Labute approximate surface area is 131 Å². The summed E-state index contributed by atoms with van der Waals surface area (Å²) in [6, 6.07) is 4.20. The molecule has 0 saturated heterocycles. The first-order valence-corrected chi connectivity index (χ1v) is 6.81. The van der Waals surface area contributed by atoms with Gasteiger partial charge in [0, 0.05) is 5.69 Å². The maximum Gasteiger partial charge on any atom is 0.416 e. The Hall–Kier alpha value is -1.34. The van der Waals surface area contributed by atoms with Crippen LogP contribution in [-0.4, -0.2) is 4.98 Å². The van der Waals surface area contributed by atoms with E-state index < -0.39 is 17.6 Å². The molecular formula is C13H8BrClF4N2. The fourth-order valence-corrected chi connectivity index (χ4v) is 2.31. The van der Waals surface area contributed by atoms with Crippen LogP contribution in [0.15, 0.2) is 28.7 Å². The van der Waals surface area contributed by atoms with Crippen molar-refractivity contribution in [2.45, 2.75) is 13.1 Å². The molecule has 112 valence electrons. The van der Waals surface area contributed by atoms with Gasteiger partial charge in [-0.05, 0) is 52.7 Å². The zero-order chi connectivity index (χ0) is 15.8. The number of halogens is 6. The Morgan fingerprint density at radius 1 is 1.19 bits per heavy atom. The van der Waals surface area contributed by atoms with Crippen LogP contribution in [-0.2, 0) is 6.18 Å². The van der Waals surface area contributed by atoms with Gasteiger partial charge >= 0.3 is 6.18 Å². The van der Waals surface area contributed by atoms with Crippen LogP contribution in [0.25, 0.3) is 0 Å². The van der Waals surface area contributed by atoms with Crippen molar-refractivity contribution < 1.29 is 17.6 Å². The summed E-state index contributed by atoms with van der Waals surface area (Å²) in [6.45, 7) is 1.68. The smallest absolute Gasteiger partial charge is 0.340 e. The highest BCUT2D eigenvalue weighted by atomic mass is 79.9. The predicted molar refractivity (Wildman–Crippen MR) is 76.4 cm³/mol. The molecule has 0 radical (unpaired) electrons. The SMILES string of the molecule is Cc1cc(Br)c(F)cc1Nc1cc(C(F)(F)F)cc(Cl)n1. The van der Waals surface area contributed by atoms with Crippen molar-refractivity contribution >= 4 is 39.0 Å². The first-order chi connectivity index (χ1) is 9.66. The molecule has 21 heavy (non-hydrogen) atoms. The van der Waals surface area contributed by atoms with E-state index in [1.165, 1.54) is 6.07 Å². The third kappa shape index (κ3) is 3.85. The van der Waals surface area contributed by atoms with Crippen molar-refractivity contribution in [3.8, 4) is 0 Å². The van der Waals surface area contributed by atoms with Gasteiger partial charge in [0.2, 0.25) is 0 Å². The summed E-state index contributed by atoms with van der Waals surface area (Å²) in [5.41, 5.74) is 0.0115. The van der Waals surface area contributed by atoms with Crippen molar-refractivity contribution in [2.24, 2.45) is 0 Å². The number of pyridine rings is 1. The highest BCUT2D eigenvalue weighted by Gasteiger charge is 2.31. The Bertz CT molecular complexity index is 689. The van der Waals surface area contributed by atoms with E-state index in [0.717, 1.165) is 18.2 Å². The molecule has 0 saturated carbocycles. The second kappa shape index (κ2) is 5.81. The highest BCUT2D eigenvalue weighted by molar-refractivity contribution is 9.10. The molecule has 2 aromatic rings. The molecular weight excluding hydrogens is 376 g/mol. The number of hydrogen-bond donors (Lipinski definition) is 1. The Balaban J connectivity index is 2.40. The number of benzene rings is 1. The normalized spacial score (nSPS) is 11.6. The second-order valence-corrected chi connectivity index (χ2v) is 5.51. The third-order valence-electron chi connectivity index (χ3n) is 2.65. The van der Waals surface area contributed by atoms with Crippen molar-refractivity contribution in [2.75, 3.05) is 5.32 Å². The lowest BCUT2D eigenvalue weighted by atomic mass is 10.2. The average Bonchev–Trinajstić information content (AvgIpc) is 2.34. The standard InChI is InChI=1S/C13H8BrClF4N2/c1-6-2-8(14)9(16)5-10(6)20-12-4-7(13(17,18)19)3-11(15)21-12/h2-5H,1H3,(H,20,21). The monoisotopic (exact) mass is 382 g/mol. The van der Waals surface area contributed by atoms with E-state index >= 15 is 0 Å². The van der Waals surface area contributed by atoms with Gasteiger partial charge in [-0.3, -0.25) is 0 Å². The van der Waals surface area contributed by atoms with Crippen LogP contribution >= 0.6 is 27.5 Å². The van der Waals surface area contributed by atoms with Crippen molar-refractivity contribution in [3.05, 3.63) is 50.8 Å². The van der Waals surface area contributed by atoms with Gasteiger partial charge in [-0.2, -0.15) is 13.2 Å². The number of hydrogen-bond acceptors (Lipinski definition) is 2. The lowest BCUT2D eigenvalue weighted by molar-refractivity contribution is -0.137. The molecule has 0 unspecified atom stereocenters. The van der Waals surface area contributed by atoms with Gasteiger partial charge in [0.15, 0.2) is 0 Å². The molecule has 1 aromatic carbocycles. The molecule has 0 spiro atoms. The molecule has 8 heteroatoms. The fourth-order valence-electron chi connectivity index (χ4n) is 1.64. The van der Waals surface area contributed by atoms with Crippen LogP contribution in [0.3, 0.4) is 0 Å². The van der Waals surface area contributed by atoms with Gasteiger partial charge in [-0.25, -0.2) is 9.37 Å². The quantitative estimate of drug-likeness (QED) is 0.531. The van der Waals surface area contributed by atoms with E-state index in [9.17, 15) is 17.6 Å². The molecule has 0 aliphatic heterocycles. The molecule has 0 fully saturated rings. The Morgan fingerprint density at radius 2 is 1.86 bits per heavy atom. The predicted octanol–water partition coefficient (Wildman–Crippen LogP) is 5.71. The number of alkyl halides is 3. The van der Waals surface area contributed by atoms with Crippen LogP contribution in [0.5, 0.6) is 0 Å². The second-order valence-electron chi connectivity index (χ2n) is 4.27. The molecule has 0 bridgehead atoms. The van der Waals surface area contributed by atoms with Gasteiger partial charge in [0.05, 0.1) is 10.0 Å². The number of anilines is 2. The summed E-state index contributed by atoms with van der Waals surface area (Å²) in [4.78, 5) is 3.76. The molecule has 0 amide bonds. The summed E-state index contributed by atoms with van der Waals surface area (Å²) >= 11 is 8.61. The van der Waals surface area contributed by atoms with E-state index in [1.54, 1.807) is 6.92 Å². The number of aromatic nitrogens is 1. The van der Waals surface area contributed by atoms with E-state index in [0.29, 0.717) is 11.3 Å². The lowest BCUT2D eigenvalue weighted by Gasteiger charge is -2.13.